The molecule has 0 saturated heterocycles. The van der Waals surface area contributed by atoms with Gasteiger partial charge in [0, 0.05) is 6.20 Å². The molecule has 0 saturated carbocycles. The molecule has 0 unspecified atom stereocenters. The molecule has 4 rings (SSSR count). The lowest BCUT2D eigenvalue weighted by molar-refractivity contribution is -0.137. The lowest BCUT2D eigenvalue weighted by Crippen LogP contribution is -2.23. The van der Waals surface area contributed by atoms with Gasteiger partial charge in [0.2, 0.25) is 0 Å². The van der Waals surface area contributed by atoms with Gasteiger partial charge in [0.25, 0.3) is 5.56 Å². The van der Waals surface area contributed by atoms with Crippen molar-refractivity contribution in [2.24, 2.45) is 0 Å². The van der Waals surface area contributed by atoms with Crippen molar-refractivity contribution in [3.8, 4) is 22.6 Å². The van der Waals surface area contributed by atoms with Gasteiger partial charge >= 0.3 is 6.18 Å². The van der Waals surface area contributed by atoms with Crippen LogP contribution in [0.3, 0.4) is 0 Å². The summed E-state index contributed by atoms with van der Waals surface area (Å²) in [6.07, 6.45) is -3.95. The second-order valence-corrected chi connectivity index (χ2v) is 7.11. The molecule has 2 heterocycles. The van der Waals surface area contributed by atoms with Gasteiger partial charge < -0.3 is 10.5 Å². The van der Waals surface area contributed by atoms with E-state index < -0.39 is 17.3 Å². The second-order valence-electron chi connectivity index (χ2n) is 6.70. The standard InChI is InChI=1S/C22H15ClF3N3O2/c1-31-14-8-6-12(7-9-14)18-19(27)20-17(10-13(11-28-20)22(24,25)26)29(21(18)30)16-5-3-2-4-15(16)23/h2-11H,27H2,1H3. The van der Waals surface area contributed by atoms with E-state index >= 15 is 0 Å². The van der Waals surface area contributed by atoms with Crippen molar-refractivity contribution >= 4 is 28.3 Å². The molecule has 2 aromatic carbocycles. The predicted molar refractivity (Wildman–Crippen MR) is 114 cm³/mol. The summed E-state index contributed by atoms with van der Waals surface area (Å²) in [5.41, 5.74) is 5.34. The molecule has 9 heteroatoms. The number of aromatic nitrogens is 2. The molecule has 0 bridgehead atoms. The highest BCUT2D eigenvalue weighted by Gasteiger charge is 2.32. The zero-order valence-corrected chi connectivity index (χ0v) is 16.8. The summed E-state index contributed by atoms with van der Waals surface area (Å²) in [5.74, 6) is 0.572. The number of fused-ring (bicyclic) bond motifs is 1. The van der Waals surface area contributed by atoms with Crippen LogP contribution >= 0.6 is 11.6 Å². The molecule has 4 aromatic rings. The number of hydrogen-bond donors (Lipinski definition) is 1. The summed E-state index contributed by atoms with van der Waals surface area (Å²) in [4.78, 5) is 17.5. The van der Waals surface area contributed by atoms with Crippen LogP contribution < -0.4 is 16.0 Å². The van der Waals surface area contributed by atoms with E-state index in [1.165, 1.54) is 13.2 Å². The van der Waals surface area contributed by atoms with Crippen LogP contribution in [0.15, 0.2) is 65.6 Å². The Hall–Kier alpha value is -3.52. The number of halogens is 4. The average Bonchev–Trinajstić information content (AvgIpc) is 2.74. The van der Waals surface area contributed by atoms with Crippen LogP contribution in [0.2, 0.25) is 5.02 Å². The first-order chi connectivity index (χ1) is 14.7. The molecule has 31 heavy (non-hydrogen) atoms. The largest absolute Gasteiger partial charge is 0.497 e. The fourth-order valence-corrected chi connectivity index (χ4v) is 3.57. The summed E-state index contributed by atoms with van der Waals surface area (Å²) in [5, 5.41) is 0.189. The number of rotatable bonds is 3. The van der Waals surface area contributed by atoms with Crippen molar-refractivity contribution in [2.75, 3.05) is 12.8 Å². The molecular weight excluding hydrogens is 431 g/mol. The zero-order valence-electron chi connectivity index (χ0n) is 16.1. The summed E-state index contributed by atoms with van der Waals surface area (Å²) in [7, 11) is 1.51. The Balaban J connectivity index is 2.14. The predicted octanol–water partition coefficient (Wildman–Crippen LogP) is 5.32. The van der Waals surface area contributed by atoms with Crippen LogP contribution in [0.4, 0.5) is 18.9 Å². The third-order valence-corrected chi connectivity index (χ3v) is 5.17. The zero-order chi connectivity index (χ0) is 22.3. The molecule has 0 aliphatic carbocycles. The second kappa shape index (κ2) is 7.63. The maximum atomic E-state index is 13.6. The maximum Gasteiger partial charge on any atom is 0.417 e. The van der Waals surface area contributed by atoms with Crippen LogP contribution in [0.25, 0.3) is 27.8 Å². The van der Waals surface area contributed by atoms with Gasteiger partial charge in [-0.1, -0.05) is 35.9 Å². The van der Waals surface area contributed by atoms with E-state index in [-0.39, 0.29) is 33.0 Å². The Morgan fingerprint density at radius 1 is 1.10 bits per heavy atom. The van der Waals surface area contributed by atoms with E-state index in [9.17, 15) is 18.0 Å². The Morgan fingerprint density at radius 3 is 2.39 bits per heavy atom. The molecule has 0 spiro atoms. The van der Waals surface area contributed by atoms with Crippen LogP contribution in [0.1, 0.15) is 5.56 Å². The van der Waals surface area contributed by atoms with E-state index in [2.05, 4.69) is 4.98 Å². The fraction of sp³-hybridized carbons (Fsp3) is 0.0909. The molecule has 0 aliphatic rings. The van der Waals surface area contributed by atoms with Crippen LogP contribution in [0.5, 0.6) is 5.75 Å². The summed E-state index contributed by atoms with van der Waals surface area (Å²) in [6, 6.07) is 13.8. The van der Waals surface area contributed by atoms with Crippen LogP contribution in [0, 0.1) is 0 Å². The van der Waals surface area contributed by atoms with Gasteiger partial charge in [-0.25, -0.2) is 0 Å². The molecule has 2 N–H and O–H groups in total. The summed E-state index contributed by atoms with van der Waals surface area (Å²) < 4.78 is 46.3. The molecule has 5 nitrogen and oxygen atoms in total. The quantitative estimate of drug-likeness (QED) is 0.463. The van der Waals surface area contributed by atoms with Crippen LogP contribution in [-0.4, -0.2) is 16.7 Å². The number of nitrogen functional groups attached to an aromatic ring is 1. The Labute approximate surface area is 179 Å². The van der Waals surface area contributed by atoms with Crippen molar-refractivity contribution in [3.63, 3.8) is 0 Å². The SMILES string of the molecule is COc1ccc(-c2c(N)c3ncc(C(F)(F)F)cc3n(-c3ccccc3Cl)c2=O)cc1. The molecule has 0 amide bonds. The van der Waals surface area contributed by atoms with Crippen LogP contribution in [-0.2, 0) is 6.18 Å². The van der Waals surface area contributed by atoms with Gasteiger partial charge in [-0.15, -0.1) is 0 Å². The molecule has 0 fully saturated rings. The van der Waals surface area contributed by atoms with Gasteiger partial charge in [0.15, 0.2) is 0 Å². The first kappa shape index (κ1) is 20.7. The first-order valence-electron chi connectivity index (χ1n) is 9.03. The molecule has 0 aliphatic heterocycles. The Morgan fingerprint density at radius 2 is 1.77 bits per heavy atom. The maximum absolute atomic E-state index is 13.6. The lowest BCUT2D eigenvalue weighted by atomic mass is 10.0. The molecule has 158 valence electrons. The number of pyridine rings is 2. The van der Waals surface area contributed by atoms with Crippen molar-refractivity contribution in [3.05, 3.63) is 81.7 Å². The third kappa shape index (κ3) is 3.59. The van der Waals surface area contributed by atoms with E-state index in [4.69, 9.17) is 22.1 Å². The minimum absolute atomic E-state index is 0.0257. The monoisotopic (exact) mass is 445 g/mol. The smallest absolute Gasteiger partial charge is 0.417 e. The molecule has 0 atom stereocenters. The molecular formula is C22H15ClF3N3O2. The van der Waals surface area contributed by atoms with Gasteiger partial charge in [0.1, 0.15) is 11.3 Å². The Kier molecular flexibility index (Phi) is 5.10. The number of methoxy groups -OCH3 is 1. The minimum atomic E-state index is -4.65. The van der Waals surface area contributed by atoms with Gasteiger partial charge in [0.05, 0.1) is 40.2 Å². The first-order valence-corrected chi connectivity index (χ1v) is 9.41. The molecule has 0 radical (unpaired) electrons. The number of anilines is 1. The summed E-state index contributed by atoms with van der Waals surface area (Å²) >= 11 is 6.29. The number of nitrogens with zero attached hydrogens (tertiary/aromatic N) is 2. The highest BCUT2D eigenvalue weighted by Crippen LogP contribution is 2.35. The highest BCUT2D eigenvalue weighted by atomic mass is 35.5. The topological polar surface area (TPSA) is 70.1 Å². The lowest BCUT2D eigenvalue weighted by Gasteiger charge is -2.18. The molecule has 2 aromatic heterocycles. The normalized spacial score (nSPS) is 11.6. The number of hydrogen-bond acceptors (Lipinski definition) is 4. The van der Waals surface area contributed by atoms with E-state index in [0.717, 1.165) is 10.6 Å². The van der Waals surface area contributed by atoms with Crippen molar-refractivity contribution < 1.29 is 17.9 Å². The van der Waals surface area contributed by atoms with Gasteiger partial charge in [-0.05, 0) is 35.9 Å². The minimum Gasteiger partial charge on any atom is -0.497 e. The third-order valence-electron chi connectivity index (χ3n) is 4.85. The van der Waals surface area contributed by atoms with Gasteiger partial charge in [-0.2, -0.15) is 13.2 Å². The highest BCUT2D eigenvalue weighted by molar-refractivity contribution is 6.32. The summed E-state index contributed by atoms with van der Waals surface area (Å²) in [6.45, 7) is 0. The number of ether oxygens (including phenoxy) is 1. The van der Waals surface area contributed by atoms with Crippen molar-refractivity contribution in [2.45, 2.75) is 6.18 Å². The van der Waals surface area contributed by atoms with E-state index in [1.807, 2.05) is 0 Å². The van der Waals surface area contributed by atoms with Gasteiger partial charge in [-0.3, -0.25) is 14.3 Å². The van der Waals surface area contributed by atoms with Crippen molar-refractivity contribution in [1.82, 2.24) is 9.55 Å². The Bertz CT molecular complexity index is 1350. The number of alkyl halides is 3. The van der Waals surface area contributed by atoms with Crippen molar-refractivity contribution in [1.29, 1.82) is 0 Å². The number of para-hydroxylation sites is 1. The fourth-order valence-electron chi connectivity index (χ4n) is 3.35. The number of nitrogens with two attached hydrogens (primary N) is 1. The van der Waals surface area contributed by atoms with E-state index in [1.54, 1.807) is 42.5 Å². The number of benzene rings is 2. The van der Waals surface area contributed by atoms with E-state index in [0.29, 0.717) is 17.5 Å². The average molecular weight is 446 g/mol.